The Balaban J connectivity index is 0.000000505. The molecule has 1 fully saturated rings. The summed E-state index contributed by atoms with van der Waals surface area (Å²) in [4.78, 5) is 34.9. The fourth-order valence-corrected chi connectivity index (χ4v) is 5.48. The number of alkyl halides is 3. The van der Waals surface area contributed by atoms with E-state index in [0.29, 0.717) is 28.3 Å². The van der Waals surface area contributed by atoms with Gasteiger partial charge in [0.15, 0.2) is 0 Å². The van der Waals surface area contributed by atoms with Crippen molar-refractivity contribution in [3.05, 3.63) is 63.4 Å². The van der Waals surface area contributed by atoms with Crippen molar-refractivity contribution in [2.45, 2.75) is 56.8 Å². The lowest BCUT2D eigenvalue weighted by Crippen LogP contribution is -2.49. The van der Waals surface area contributed by atoms with E-state index < -0.39 is 47.3 Å². The highest BCUT2D eigenvalue weighted by molar-refractivity contribution is 6.31. The average Bonchev–Trinajstić information content (AvgIpc) is 3.24. The van der Waals surface area contributed by atoms with Gasteiger partial charge in [-0.2, -0.15) is 13.2 Å². The zero-order valence-corrected chi connectivity index (χ0v) is 21.8. The number of carbonyl (C=O) groups is 3. The van der Waals surface area contributed by atoms with Crippen LogP contribution in [0.5, 0.6) is 0 Å². The van der Waals surface area contributed by atoms with Gasteiger partial charge in [0.05, 0.1) is 5.02 Å². The molecule has 0 aromatic heterocycles. The van der Waals surface area contributed by atoms with Gasteiger partial charge in [0.25, 0.3) is 0 Å². The van der Waals surface area contributed by atoms with Crippen LogP contribution in [0.1, 0.15) is 44.2 Å². The van der Waals surface area contributed by atoms with E-state index in [1.165, 1.54) is 18.2 Å². The fourth-order valence-electron chi connectivity index (χ4n) is 5.11. The monoisotopic (exact) mass is 578 g/mol. The molecule has 1 spiro atoms. The predicted octanol–water partition coefficient (Wildman–Crippen LogP) is 5.60. The van der Waals surface area contributed by atoms with Crippen LogP contribution in [0.2, 0.25) is 10.0 Å². The molecule has 0 radical (unpaired) electrons. The van der Waals surface area contributed by atoms with Crippen LogP contribution in [0.15, 0.2) is 36.4 Å². The quantitative estimate of drug-likeness (QED) is 0.352. The lowest BCUT2D eigenvalue weighted by molar-refractivity contribution is -0.192. The number of benzene rings is 2. The largest absolute Gasteiger partial charge is 0.490 e. The standard InChI is InChI=1S/C23H23Cl2FN2O3.C2HF3O2/c1-22(2,3)10-17-23(13-6-5-12(24)9-16(13)27-21(23)31)18(19(28-17)20(29)30)11-4-7-15(26)14(25)8-11;3-2(4,5)1(6)7/h4-9,17-19,28H,10H2,1-3H3,(H,27,31)(H,29,30);(H,6,7)/t17-,18-,19+,23+;/m0./s1. The molecule has 4 atom stereocenters. The third-order valence-corrected chi connectivity index (χ3v) is 6.96. The number of halogens is 6. The molecule has 7 nitrogen and oxygen atoms in total. The molecular formula is C25H24Cl2F4N2O5. The normalized spacial score (nSPS) is 24.4. The number of rotatable bonds is 3. The molecule has 4 N–H and O–H groups in total. The molecule has 0 bridgehead atoms. The van der Waals surface area contributed by atoms with Gasteiger partial charge in [0, 0.05) is 22.7 Å². The molecule has 0 saturated carbocycles. The maximum atomic E-state index is 13.9. The third kappa shape index (κ3) is 5.60. The maximum absolute atomic E-state index is 13.9. The van der Waals surface area contributed by atoms with Crippen LogP contribution < -0.4 is 10.6 Å². The van der Waals surface area contributed by atoms with Crippen LogP contribution in [-0.2, 0) is 19.8 Å². The molecule has 1 amide bonds. The van der Waals surface area contributed by atoms with Gasteiger partial charge in [-0.15, -0.1) is 0 Å². The molecular weight excluding hydrogens is 555 g/mol. The van der Waals surface area contributed by atoms with Crippen LogP contribution in [-0.4, -0.2) is 46.3 Å². The van der Waals surface area contributed by atoms with E-state index in [-0.39, 0.29) is 16.3 Å². The van der Waals surface area contributed by atoms with Crippen molar-refractivity contribution in [1.82, 2.24) is 5.32 Å². The Labute approximate surface area is 225 Å². The van der Waals surface area contributed by atoms with Crippen LogP contribution in [0.3, 0.4) is 0 Å². The van der Waals surface area contributed by atoms with E-state index >= 15 is 0 Å². The Morgan fingerprint density at radius 2 is 1.66 bits per heavy atom. The number of hydrogen-bond acceptors (Lipinski definition) is 4. The molecule has 2 aliphatic heterocycles. The lowest BCUT2D eigenvalue weighted by atomic mass is 9.62. The number of amides is 1. The van der Waals surface area contributed by atoms with Crippen LogP contribution in [0.4, 0.5) is 23.2 Å². The Kier molecular flexibility index (Phi) is 8.08. The number of carbonyl (C=O) groups excluding carboxylic acids is 1. The minimum absolute atomic E-state index is 0.120. The van der Waals surface area contributed by atoms with Crippen molar-refractivity contribution in [2.24, 2.45) is 5.41 Å². The molecule has 4 rings (SSSR count). The van der Waals surface area contributed by atoms with Gasteiger partial charge < -0.3 is 15.5 Å². The van der Waals surface area contributed by atoms with Crippen molar-refractivity contribution < 1.29 is 42.2 Å². The topological polar surface area (TPSA) is 116 Å². The number of carboxylic acid groups (broad SMARTS) is 2. The van der Waals surface area contributed by atoms with E-state index in [0.717, 1.165) is 0 Å². The number of aliphatic carboxylic acids is 2. The summed E-state index contributed by atoms with van der Waals surface area (Å²) in [5, 5.41) is 23.7. The van der Waals surface area contributed by atoms with Crippen LogP contribution >= 0.6 is 23.2 Å². The van der Waals surface area contributed by atoms with Gasteiger partial charge in [-0.25, -0.2) is 9.18 Å². The highest BCUT2D eigenvalue weighted by atomic mass is 35.5. The van der Waals surface area contributed by atoms with Gasteiger partial charge in [0.2, 0.25) is 5.91 Å². The summed E-state index contributed by atoms with van der Waals surface area (Å²) in [6, 6.07) is 7.71. The first-order valence-corrected chi connectivity index (χ1v) is 12.0. The van der Waals surface area contributed by atoms with Crippen molar-refractivity contribution in [3.8, 4) is 0 Å². The molecule has 2 aromatic rings. The number of hydrogen-bond donors (Lipinski definition) is 4. The summed E-state index contributed by atoms with van der Waals surface area (Å²) >= 11 is 12.2. The molecule has 2 aromatic carbocycles. The maximum Gasteiger partial charge on any atom is 0.490 e. The summed E-state index contributed by atoms with van der Waals surface area (Å²) in [5.74, 6) is -5.56. The summed E-state index contributed by atoms with van der Waals surface area (Å²) in [6.45, 7) is 6.11. The van der Waals surface area contributed by atoms with Crippen molar-refractivity contribution >= 4 is 46.7 Å². The Bertz CT molecular complexity index is 1280. The van der Waals surface area contributed by atoms with Crippen LogP contribution in [0.25, 0.3) is 0 Å². The molecule has 13 heteroatoms. The number of carboxylic acids is 2. The summed E-state index contributed by atoms with van der Waals surface area (Å²) in [7, 11) is 0. The average molecular weight is 579 g/mol. The summed E-state index contributed by atoms with van der Waals surface area (Å²) in [5.41, 5.74) is 0.302. The first-order valence-electron chi connectivity index (χ1n) is 11.2. The Morgan fingerprint density at radius 1 is 1.05 bits per heavy atom. The number of nitrogens with one attached hydrogen (secondary N) is 2. The SMILES string of the molecule is CC(C)(C)C[C@@H]1N[C@@H](C(=O)O)[C@H](c2ccc(F)c(Cl)c2)[C@]12C(=O)Nc1cc(Cl)ccc12.O=C(O)C(F)(F)F. The number of fused-ring (bicyclic) bond motifs is 2. The van der Waals surface area contributed by atoms with Gasteiger partial charge in [-0.05, 0) is 47.2 Å². The van der Waals surface area contributed by atoms with E-state index in [9.17, 15) is 32.3 Å². The Hall–Kier alpha value is -2.89. The molecule has 206 valence electrons. The second-order valence-electron chi connectivity index (χ2n) is 10.3. The Morgan fingerprint density at radius 3 is 2.16 bits per heavy atom. The minimum atomic E-state index is -5.08. The van der Waals surface area contributed by atoms with E-state index in [1.807, 2.05) is 20.8 Å². The van der Waals surface area contributed by atoms with Crippen molar-refractivity contribution in [1.29, 1.82) is 0 Å². The lowest BCUT2D eigenvalue weighted by Gasteiger charge is -2.37. The predicted molar refractivity (Wildman–Crippen MR) is 132 cm³/mol. The van der Waals surface area contributed by atoms with Gasteiger partial charge in [0.1, 0.15) is 17.3 Å². The van der Waals surface area contributed by atoms with Crippen LogP contribution in [0, 0.1) is 11.2 Å². The second kappa shape index (κ2) is 10.3. The summed E-state index contributed by atoms with van der Waals surface area (Å²) < 4.78 is 45.6. The smallest absolute Gasteiger partial charge is 0.480 e. The summed E-state index contributed by atoms with van der Waals surface area (Å²) in [6.07, 6.45) is -4.54. The zero-order valence-electron chi connectivity index (χ0n) is 20.3. The fraction of sp³-hybridized carbons (Fsp3) is 0.400. The van der Waals surface area contributed by atoms with Gasteiger partial charge >= 0.3 is 18.1 Å². The zero-order chi connectivity index (χ0) is 28.8. The molecule has 1 saturated heterocycles. The second-order valence-corrected chi connectivity index (χ2v) is 11.1. The molecule has 0 unspecified atom stereocenters. The third-order valence-electron chi connectivity index (χ3n) is 6.43. The first-order chi connectivity index (χ1) is 17.4. The molecule has 0 aliphatic carbocycles. The van der Waals surface area contributed by atoms with Gasteiger partial charge in [-0.3, -0.25) is 14.9 Å². The van der Waals surface area contributed by atoms with Gasteiger partial charge in [-0.1, -0.05) is 56.1 Å². The minimum Gasteiger partial charge on any atom is -0.480 e. The van der Waals surface area contributed by atoms with Crippen molar-refractivity contribution in [2.75, 3.05) is 5.32 Å². The molecule has 38 heavy (non-hydrogen) atoms. The van der Waals surface area contributed by atoms with E-state index in [1.54, 1.807) is 18.2 Å². The highest BCUT2D eigenvalue weighted by Gasteiger charge is 2.65. The van der Waals surface area contributed by atoms with E-state index in [2.05, 4.69) is 10.6 Å². The molecule has 2 heterocycles. The first kappa shape index (κ1) is 29.7. The van der Waals surface area contributed by atoms with Crippen molar-refractivity contribution in [3.63, 3.8) is 0 Å². The molecule has 2 aliphatic rings. The number of anilines is 1. The highest BCUT2D eigenvalue weighted by Crippen LogP contribution is 2.56. The van der Waals surface area contributed by atoms with E-state index in [4.69, 9.17) is 33.1 Å².